The Labute approximate surface area is 122 Å². The van der Waals surface area contributed by atoms with Crippen LogP contribution in [0.2, 0.25) is 0 Å². The van der Waals surface area contributed by atoms with Crippen molar-refractivity contribution < 1.29 is 0 Å². The van der Waals surface area contributed by atoms with E-state index in [4.69, 9.17) is 0 Å². The standard InChI is InChI=1S/C16H21NS2/c1-2-3-4-5-6-7-10-17-13-8-11-18-15(13)16-14(17)9-12-19-16/h8-9,11-12H,2-7,10H2,1H3. The maximum Gasteiger partial charge on any atom is 0.0700 e. The fraction of sp³-hybridized carbons (Fsp3) is 0.500. The van der Waals surface area contributed by atoms with Gasteiger partial charge in [-0.15, -0.1) is 22.7 Å². The summed E-state index contributed by atoms with van der Waals surface area (Å²) in [5, 5.41) is 4.45. The first-order valence-electron chi connectivity index (χ1n) is 7.34. The molecular weight excluding hydrogens is 270 g/mol. The molecule has 0 bridgehead atoms. The number of hydrogen-bond donors (Lipinski definition) is 0. The van der Waals surface area contributed by atoms with Crippen LogP contribution in [0.4, 0.5) is 0 Å². The van der Waals surface area contributed by atoms with Crippen LogP contribution in [0.5, 0.6) is 0 Å². The molecule has 0 atom stereocenters. The van der Waals surface area contributed by atoms with Crippen molar-refractivity contribution in [3.05, 3.63) is 22.9 Å². The van der Waals surface area contributed by atoms with Gasteiger partial charge < -0.3 is 4.57 Å². The lowest BCUT2D eigenvalue weighted by molar-refractivity contribution is 0.571. The molecule has 0 radical (unpaired) electrons. The fourth-order valence-electron chi connectivity index (χ4n) is 2.79. The van der Waals surface area contributed by atoms with Crippen LogP contribution in [-0.2, 0) is 6.54 Å². The van der Waals surface area contributed by atoms with Gasteiger partial charge in [-0.05, 0) is 29.3 Å². The lowest BCUT2D eigenvalue weighted by atomic mass is 10.1. The van der Waals surface area contributed by atoms with Crippen molar-refractivity contribution in [3.8, 4) is 0 Å². The summed E-state index contributed by atoms with van der Waals surface area (Å²) in [6, 6.07) is 4.56. The number of rotatable bonds is 7. The molecule has 0 saturated carbocycles. The van der Waals surface area contributed by atoms with Crippen molar-refractivity contribution in [1.29, 1.82) is 0 Å². The molecule has 0 aliphatic heterocycles. The number of unbranched alkanes of at least 4 members (excludes halogenated alkanes) is 5. The summed E-state index contributed by atoms with van der Waals surface area (Å²) < 4.78 is 5.49. The first-order chi connectivity index (χ1) is 9.42. The van der Waals surface area contributed by atoms with Crippen LogP contribution in [0.3, 0.4) is 0 Å². The van der Waals surface area contributed by atoms with Crippen molar-refractivity contribution in [3.63, 3.8) is 0 Å². The molecule has 0 unspecified atom stereocenters. The van der Waals surface area contributed by atoms with Crippen LogP contribution in [0, 0.1) is 0 Å². The number of nitrogens with zero attached hydrogens (tertiary/aromatic N) is 1. The Balaban J connectivity index is 1.68. The van der Waals surface area contributed by atoms with Crippen LogP contribution >= 0.6 is 22.7 Å². The normalized spacial score (nSPS) is 11.8. The Morgan fingerprint density at radius 1 is 0.842 bits per heavy atom. The second kappa shape index (κ2) is 6.10. The molecule has 0 saturated heterocycles. The molecule has 3 heteroatoms. The highest BCUT2D eigenvalue weighted by molar-refractivity contribution is 7.25. The fourth-order valence-corrected chi connectivity index (χ4v) is 4.77. The zero-order valence-corrected chi connectivity index (χ0v) is 13.2. The van der Waals surface area contributed by atoms with Crippen LogP contribution in [0.25, 0.3) is 20.4 Å². The molecule has 19 heavy (non-hydrogen) atoms. The van der Waals surface area contributed by atoms with Crippen molar-refractivity contribution in [2.45, 2.75) is 52.0 Å². The third kappa shape index (κ3) is 2.59. The zero-order chi connectivity index (χ0) is 13.1. The summed E-state index contributed by atoms with van der Waals surface area (Å²) in [6.45, 7) is 3.46. The molecule has 0 aliphatic carbocycles. The van der Waals surface area contributed by atoms with E-state index < -0.39 is 0 Å². The van der Waals surface area contributed by atoms with Gasteiger partial charge in [0.25, 0.3) is 0 Å². The quantitative estimate of drug-likeness (QED) is 0.451. The Bertz CT molecular complexity index is 596. The summed E-state index contributed by atoms with van der Waals surface area (Å²) in [5.74, 6) is 0. The van der Waals surface area contributed by atoms with Crippen molar-refractivity contribution >= 4 is 43.1 Å². The van der Waals surface area contributed by atoms with E-state index in [1.165, 1.54) is 65.5 Å². The van der Waals surface area contributed by atoms with Gasteiger partial charge in [0.2, 0.25) is 0 Å². The first kappa shape index (κ1) is 13.2. The van der Waals surface area contributed by atoms with Crippen molar-refractivity contribution in [2.75, 3.05) is 0 Å². The van der Waals surface area contributed by atoms with Gasteiger partial charge >= 0.3 is 0 Å². The van der Waals surface area contributed by atoms with E-state index in [2.05, 4.69) is 34.4 Å². The predicted octanol–water partition coefficient (Wildman–Crippen LogP) is 6.28. The van der Waals surface area contributed by atoms with Crippen LogP contribution in [0.1, 0.15) is 45.4 Å². The number of fused-ring (bicyclic) bond motifs is 3. The Kier molecular flexibility index (Phi) is 4.24. The molecule has 0 aliphatic rings. The average molecular weight is 291 g/mol. The molecule has 3 aromatic rings. The maximum absolute atomic E-state index is 2.53. The van der Waals surface area contributed by atoms with Crippen LogP contribution in [0.15, 0.2) is 22.9 Å². The van der Waals surface area contributed by atoms with Crippen LogP contribution < -0.4 is 0 Å². The molecule has 0 amide bonds. The molecule has 0 N–H and O–H groups in total. The van der Waals surface area contributed by atoms with Crippen molar-refractivity contribution in [2.24, 2.45) is 0 Å². The van der Waals surface area contributed by atoms with E-state index in [0.29, 0.717) is 0 Å². The Morgan fingerprint density at radius 3 is 2.05 bits per heavy atom. The van der Waals surface area contributed by atoms with Gasteiger partial charge in [-0.2, -0.15) is 0 Å². The summed E-state index contributed by atoms with van der Waals surface area (Å²) >= 11 is 3.76. The maximum atomic E-state index is 2.53. The molecule has 102 valence electrons. The minimum atomic E-state index is 1.18. The highest BCUT2D eigenvalue weighted by Crippen LogP contribution is 2.36. The minimum absolute atomic E-state index is 1.18. The molecule has 3 rings (SSSR count). The summed E-state index contributed by atoms with van der Waals surface area (Å²) in [7, 11) is 0. The predicted molar refractivity (Wildman–Crippen MR) is 88.6 cm³/mol. The summed E-state index contributed by atoms with van der Waals surface area (Å²) in [4.78, 5) is 0. The topological polar surface area (TPSA) is 4.93 Å². The van der Waals surface area contributed by atoms with E-state index >= 15 is 0 Å². The third-order valence-corrected chi connectivity index (χ3v) is 5.78. The Hall–Kier alpha value is -0.800. The average Bonchev–Trinajstić information content (AvgIpc) is 3.09. The lowest BCUT2D eigenvalue weighted by Gasteiger charge is -2.05. The van der Waals surface area contributed by atoms with E-state index in [1.54, 1.807) is 0 Å². The van der Waals surface area contributed by atoms with Gasteiger partial charge in [-0.3, -0.25) is 0 Å². The second-order valence-corrected chi connectivity index (χ2v) is 7.02. The Morgan fingerprint density at radius 2 is 1.42 bits per heavy atom. The SMILES string of the molecule is CCCCCCCCn1c2ccsc2c2sccc21. The van der Waals surface area contributed by atoms with E-state index in [9.17, 15) is 0 Å². The van der Waals surface area contributed by atoms with Gasteiger partial charge in [0.1, 0.15) is 0 Å². The van der Waals surface area contributed by atoms with Gasteiger partial charge in [0, 0.05) is 6.54 Å². The highest BCUT2D eigenvalue weighted by atomic mass is 32.1. The van der Waals surface area contributed by atoms with Crippen LogP contribution in [-0.4, -0.2) is 4.57 Å². The zero-order valence-electron chi connectivity index (χ0n) is 11.5. The third-order valence-electron chi connectivity index (χ3n) is 3.81. The number of aromatic nitrogens is 1. The number of thiophene rings is 2. The lowest BCUT2D eigenvalue weighted by Crippen LogP contribution is -1.96. The van der Waals surface area contributed by atoms with Gasteiger partial charge in [0.15, 0.2) is 0 Å². The largest absolute Gasteiger partial charge is 0.339 e. The van der Waals surface area contributed by atoms with Gasteiger partial charge in [-0.1, -0.05) is 39.0 Å². The molecule has 0 fully saturated rings. The highest BCUT2D eigenvalue weighted by Gasteiger charge is 2.11. The number of aryl methyl sites for hydroxylation is 1. The second-order valence-electron chi connectivity index (χ2n) is 5.19. The molecule has 3 heterocycles. The smallest absolute Gasteiger partial charge is 0.0700 e. The monoisotopic (exact) mass is 291 g/mol. The molecular formula is C16H21NS2. The van der Waals surface area contributed by atoms with Gasteiger partial charge in [0.05, 0.1) is 20.4 Å². The first-order valence-corrected chi connectivity index (χ1v) is 9.10. The van der Waals surface area contributed by atoms with E-state index in [1.807, 2.05) is 22.7 Å². The molecule has 1 nitrogen and oxygen atoms in total. The summed E-state index contributed by atoms with van der Waals surface area (Å²) in [5.41, 5.74) is 2.89. The molecule has 0 spiro atoms. The van der Waals surface area contributed by atoms with E-state index in [0.717, 1.165) is 0 Å². The number of hydrogen-bond acceptors (Lipinski definition) is 2. The van der Waals surface area contributed by atoms with Crippen molar-refractivity contribution in [1.82, 2.24) is 4.57 Å². The van der Waals surface area contributed by atoms with E-state index in [-0.39, 0.29) is 0 Å². The molecule has 0 aromatic carbocycles. The summed E-state index contributed by atoms with van der Waals surface area (Å²) in [6.07, 6.45) is 8.22. The van der Waals surface area contributed by atoms with Gasteiger partial charge in [-0.25, -0.2) is 0 Å². The minimum Gasteiger partial charge on any atom is -0.339 e. The molecule has 3 aromatic heterocycles.